The number of ether oxygens (including phenoxy) is 2. The molecule has 0 aliphatic carbocycles. The van der Waals surface area contributed by atoms with Crippen molar-refractivity contribution < 1.29 is 42.1 Å². The Balaban J connectivity index is 3.88. The highest BCUT2D eigenvalue weighted by Gasteiger charge is 2.22. The molecule has 0 N–H and O–H groups in total. The first-order valence-corrected chi connectivity index (χ1v) is 33.4. The fraction of sp³-hybridized carbons (Fsp3) is 0.937. The average molecular weight is 1050 g/mol. The molecule has 10 heteroatoms. The largest absolute Gasteiger partial charge is 0.756 e. The molecule has 0 spiro atoms. The monoisotopic (exact) mass is 1050 g/mol. The Hall–Kier alpha value is -1.25. The van der Waals surface area contributed by atoms with E-state index in [2.05, 4.69) is 26.0 Å². The van der Waals surface area contributed by atoms with Crippen molar-refractivity contribution in [1.82, 2.24) is 0 Å². The fourth-order valence-corrected chi connectivity index (χ4v) is 10.3. The van der Waals surface area contributed by atoms with Crippen molar-refractivity contribution in [3.63, 3.8) is 0 Å². The minimum Gasteiger partial charge on any atom is -0.756 e. The van der Waals surface area contributed by atoms with Crippen LogP contribution in [0.4, 0.5) is 0 Å². The van der Waals surface area contributed by atoms with E-state index in [0.29, 0.717) is 17.4 Å². The Morgan fingerprint density at radius 1 is 0.411 bits per heavy atom. The van der Waals surface area contributed by atoms with Gasteiger partial charge in [-0.3, -0.25) is 14.2 Å². The zero-order valence-electron chi connectivity index (χ0n) is 49.4. The number of hydrogen-bond donors (Lipinski definition) is 0. The number of esters is 2. The van der Waals surface area contributed by atoms with Crippen LogP contribution in [-0.2, 0) is 32.7 Å². The van der Waals surface area contributed by atoms with E-state index in [1.807, 2.05) is 21.1 Å². The van der Waals surface area contributed by atoms with E-state index < -0.39 is 26.5 Å². The predicted octanol–water partition coefficient (Wildman–Crippen LogP) is 19.4. The molecule has 434 valence electrons. The van der Waals surface area contributed by atoms with Gasteiger partial charge in [0.15, 0.2) is 6.10 Å². The molecule has 0 saturated heterocycles. The second-order valence-corrected chi connectivity index (χ2v) is 24.5. The molecule has 0 radical (unpaired) electrons. The van der Waals surface area contributed by atoms with Crippen molar-refractivity contribution >= 4 is 19.8 Å². The van der Waals surface area contributed by atoms with E-state index in [1.165, 1.54) is 244 Å². The second-order valence-electron chi connectivity index (χ2n) is 23.1. The molecule has 0 rings (SSSR count). The summed E-state index contributed by atoms with van der Waals surface area (Å²) in [4.78, 5) is 37.8. The molecule has 73 heavy (non-hydrogen) atoms. The maximum Gasteiger partial charge on any atom is 0.306 e. The van der Waals surface area contributed by atoms with Crippen LogP contribution in [0.1, 0.15) is 328 Å². The Morgan fingerprint density at radius 2 is 0.699 bits per heavy atom. The van der Waals surface area contributed by atoms with E-state index >= 15 is 0 Å². The van der Waals surface area contributed by atoms with Gasteiger partial charge in [-0.15, -0.1) is 0 Å². The summed E-state index contributed by atoms with van der Waals surface area (Å²) in [7, 11) is 1.18. The molecule has 2 atom stereocenters. The molecule has 0 aromatic carbocycles. The van der Waals surface area contributed by atoms with E-state index in [0.717, 1.165) is 51.4 Å². The van der Waals surface area contributed by atoms with Crippen LogP contribution in [-0.4, -0.2) is 70.0 Å². The van der Waals surface area contributed by atoms with Gasteiger partial charge >= 0.3 is 11.9 Å². The zero-order chi connectivity index (χ0) is 53.5. The van der Waals surface area contributed by atoms with Gasteiger partial charge in [0.25, 0.3) is 7.82 Å². The van der Waals surface area contributed by atoms with Gasteiger partial charge in [0, 0.05) is 12.8 Å². The number of likely N-dealkylation sites (N-methyl/N-ethyl adjacent to an activating group) is 1. The molecule has 0 aromatic heterocycles. The summed E-state index contributed by atoms with van der Waals surface area (Å²) in [5.74, 6) is -0.826. The van der Waals surface area contributed by atoms with Crippen LogP contribution >= 0.6 is 7.82 Å². The minimum atomic E-state index is -4.63. The van der Waals surface area contributed by atoms with Gasteiger partial charge in [-0.25, -0.2) is 0 Å². The van der Waals surface area contributed by atoms with E-state index in [4.69, 9.17) is 18.5 Å². The van der Waals surface area contributed by atoms with Crippen LogP contribution < -0.4 is 4.89 Å². The molecule has 0 aliphatic rings. The summed E-state index contributed by atoms with van der Waals surface area (Å²) in [5, 5.41) is 0. The van der Waals surface area contributed by atoms with Crippen molar-refractivity contribution in [3.8, 4) is 0 Å². The Bertz CT molecular complexity index is 1240. The third-order valence-corrected chi connectivity index (χ3v) is 15.5. The number of phosphoric ester groups is 1. The van der Waals surface area contributed by atoms with E-state index in [-0.39, 0.29) is 32.0 Å². The molecule has 0 heterocycles. The number of carbonyl (C=O) groups excluding carboxylic acids is 2. The van der Waals surface area contributed by atoms with Crippen molar-refractivity contribution in [3.05, 3.63) is 12.2 Å². The maximum atomic E-state index is 12.7. The molecule has 0 bridgehead atoms. The first-order valence-electron chi connectivity index (χ1n) is 31.9. The lowest BCUT2D eigenvalue weighted by atomic mass is 10.0. The number of allylic oxidation sites excluding steroid dienone is 2. The van der Waals surface area contributed by atoms with Gasteiger partial charge in [0.1, 0.15) is 19.8 Å². The summed E-state index contributed by atoms with van der Waals surface area (Å²) < 4.78 is 34.1. The van der Waals surface area contributed by atoms with Crippen LogP contribution in [0.2, 0.25) is 0 Å². The van der Waals surface area contributed by atoms with Crippen LogP contribution in [0.3, 0.4) is 0 Å². The molecule has 0 saturated carbocycles. The molecule has 0 amide bonds. The topological polar surface area (TPSA) is 111 Å². The van der Waals surface area contributed by atoms with Crippen molar-refractivity contribution in [2.24, 2.45) is 0 Å². The minimum absolute atomic E-state index is 0.0289. The number of quaternary nitrogens is 1. The van der Waals surface area contributed by atoms with Gasteiger partial charge in [0.05, 0.1) is 27.7 Å². The Labute approximate surface area is 454 Å². The summed E-state index contributed by atoms with van der Waals surface area (Å²) in [6.45, 7) is 4.27. The zero-order valence-corrected chi connectivity index (χ0v) is 50.3. The highest BCUT2D eigenvalue weighted by Crippen LogP contribution is 2.38. The lowest BCUT2D eigenvalue weighted by Gasteiger charge is -2.28. The molecule has 0 aliphatic heterocycles. The number of rotatable bonds is 60. The normalized spacial score (nSPS) is 13.2. The Morgan fingerprint density at radius 3 is 1.01 bits per heavy atom. The summed E-state index contributed by atoms with van der Waals surface area (Å²) in [5.41, 5.74) is 0. The highest BCUT2D eigenvalue weighted by molar-refractivity contribution is 7.45. The van der Waals surface area contributed by atoms with E-state index in [1.54, 1.807) is 0 Å². The molecule has 0 fully saturated rings. The van der Waals surface area contributed by atoms with Crippen LogP contribution in [0.15, 0.2) is 12.2 Å². The van der Waals surface area contributed by atoms with Gasteiger partial charge in [-0.2, -0.15) is 0 Å². The number of hydrogen-bond acceptors (Lipinski definition) is 8. The van der Waals surface area contributed by atoms with Crippen molar-refractivity contribution in [1.29, 1.82) is 0 Å². The van der Waals surface area contributed by atoms with Crippen LogP contribution in [0, 0.1) is 0 Å². The van der Waals surface area contributed by atoms with Gasteiger partial charge < -0.3 is 27.9 Å². The standard InChI is InChI=1S/C63H124NO8P/c1-6-8-10-12-14-16-18-20-22-23-24-25-26-27-28-29-30-31-32-33-34-35-36-37-38-39-40-41-42-44-45-47-49-51-53-55-62(65)69-59-61(60-71-73(67,68)70-58-57-64(3,4)5)72-63(66)56-54-52-50-48-46-43-21-19-17-15-13-11-9-7-2/h19,21,61H,6-18,20,22-60H2,1-5H3/b21-19-. The maximum absolute atomic E-state index is 12.7. The lowest BCUT2D eigenvalue weighted by molar-refractivity contribution is -0.870. The van der Waals surface area contributed by atoms with Crippen LogP contribution in [0.5, 0.6) is 0 Å². The quantitative estimate of drug-likeness (QED) is 0.0195. The number of nitrogens with zero attached hydrogens (tertiary/aromatic N) is 1. The third-order valence-electron chi connectivity index (χ3n) is 14.5. The number of phosphoric acid groups is 1. The smallest absolute Gasteiger partial charge is 0.306 e. The van der Waals surface area contributed by atoms with Crippen molar-refractivity contribution in [2.45, 2.75) is 335 Å². The fourth-order valence-electron chi connectivity index (χ4n) is 9.60. The van der Waals surface area contributed by atoms with Crippen LogP contribution in [0.25, 0.3) is 0 Å². The Kier molecular flexibility index (Phi) is 54.6. The SMILES string of the molecule is CCCCCCC/C=C\CCCCCCCC(=O)OC(COC(=O)CCCCCCCCCCCCCCCCCCCCCCCCCCCCCCCCCCCCC)COP(=O)([O-])OCC[N+](C)(C)C. The number of unbranched alkanes of at least 4 members (excludes halogenated alkanes) is 44. The average Bonchev–Trinajstić information content (AvgIpc) is 3.35. The first-order chi connectivity index (χ1) is 35.5. The molecular weight excluding hydrogens is 930 g/mol. The predicted molar refractivity (Wildman–Crippen MR) is 310 cm³/mol. The van der Waals surface area contributed by atoms with Gasteiger partial charge in [-0.1, -0.05) is 289 Å². The molecule has 9 nitrogen and oxygen atoms in total. The highest BCUT2D eigenvalue weighted by atomic mass is 31.2. The lowest BCUT2D eigenvalue weighted by Crippen LogP contribution is -2.37. The first kappa shape index (κ1) is 71.8. The second kappa shape index (κ2) is 55.5. The third kappa shape index (κ3) is 59.8. The summed E-state index contributed by atoms with van der Waals surface area (Å²) in [6, 6.07) is 0. The molecule has 0 aromatic rings. The number of carbonyl (C=O) groups is 2. The van der Waals surface area contributed by atoms with Crippen molar-refractivity contribution in [2.75, 3.05) is 47.5 Å². The van der Waals surface area contributed by atoms with E-state index in [9.17, 15) is 19.0 Å². The summed E-state index contributed by atoms with van der Waals surface area (Å²) in [6.07, 6.45) is 65.9. The molecular formula is C63H124NO8P. The van der Waals surface area contributed by atoms with Gasteiger partial charge in [-0.05, 0) is 38.5 Å². The molecule has 2 unspecified atom stereocenters. The summed E-state index contributed by atoms with van der Waals surface area (Å²) >= 11 is 0. The van der Waals surface area contributed by atoms with Gasteiger partial charge in [0.2, 0.25) is 0 Å².